The molecule has 0 saturated carbocycles. The third kappa shape index (κ3) is 5.46. The summed E-state index contributed by atoms with van der Waals surface area (Å²) in [5.41, 5.74) is 1.63. The Hall–Kier alpha value is -3.08. The number of benzene rings is 2. The van der Waals surface area contributed by atoms with E-state index in [0.29, 0.717) is 25.3 Å². The molecule has 0 bridgehead atoms. The average Bonchev–Trinajstić information content (AvgIpc) is 2.74. The van der Waals surface area contributed by atoms with Gasteiger partial charge in [-0.1, -0.05) is 30.3 Å². The molecule has 0 spiro atoms. The smallest absolute Gasteiger partial charge is 0.251 e. The number of carbonyl (C=O) groups excluding carboxylic acids is 2. The standard InChI is InChI=1S/C23H26N2O3/c1-2-28-21-11-8-18(9-12-21)10-13-22(26)25-16-14-20(15-17-25)24-23(27)19-6-4-3-5-7-19/h3-13,20H,2,14-17H2,1H3,(H,24,27)/b13-10+. The number of nitrogens with one attached hydrogen (secondary N) is 1. The Kier molecular flexibility index (Phi) is 6.84. The molecule has 2 aromatic carbocycles. The number of rotatable bonds is 6. The number of nitrogens with zero attached hydrogens (tertiary/aromatic N) is 1. The minimum atomic E-state index is -0.0548. The van der Waals surface area contributed by atoms with Crippen LogP contribution in [0.1, 0.15) is 35.7 Å². The number of ether oxygens (including phenoxy) is 1. The first-order chi connectivity index (χ1) is 13.7. The van der Waals surface area contributed by atoms with Crippen molar-refractivity contribution in [2.45, 2.75) is 25.8 Å². The molecule has 3 rings (SSSR count). The number of amides is 2. The van der Waals surface area contributed by atoms with Crippen molar-refractivity contribution in [1.82, 2.24) is 10.2 Å². The predicted molar refractivity (Wildman–Crippen MR) is 110 cm³/mol. The molecule has 146 valence electrons. The highest BCUT2D eigenvalue weighted by Gasteiger charge is 2.23. The SMILES string of the molecule is CCOc1ccc(/C=C/C(=O)N2CCC(NC(=O)c3ccccc3)CC2)cc1. The predicted octanol–water partition coefficient (Wildman–Crippen LogP) is 3.52. The number of piperidine rings is 1. The van der Waals surface area contributed by atoms with Crippen LogP contribution in [0.3, 0.4) is 0 Å². The van der Waals surface area contributed by atoms with E-state index in [1.807, 2.05) is 60.4 Å². The summed E-state index contributed by atoms with van der Waals surface area (Å²) in [6.07, 6.45) is 4.96. The second-order valence-corrected chi connectivity index (χ2v) is 6.77. The summed E-state index contributed by atoms with van der Waals surface area (Å²) in [6.45, 7) is 3.87. The van der Waals surface area contributed by atoms with Gasteiger partial charge < -0.3 is 15.0 Å². The van der Waals surface area contributed by atoms with E-state index in [2.05, 4.69) is 5.32 Å². The second kappa shape index (κ2) is 9.74. The number of likely N-dealkylation sites (tertiary alicyclic amines) is 1. The van der Waals surface area contributed by atoms with Crippen LogP contribution in [0.2, 0.25) is 0 Å². The lowest BCUT2D eigenvalue weighted by Crippen LogP contribution is -2.46. The third-order valence-electron chi connectivity index (χ3n) is 4.79. The Morgan fingerprint density at radius 2 is 1.75 bits per heavy atom. The van der Waals surface area contributed by atoms with Gasteiger partial charge in [-0.2, -0.15) is 0 Å². The molecule has 28 heavy (non-hydrogen) atoms. The summed E-state index contributed by atoms with van der Waals surface area (Å²) in [6, 6.07) is 17.0. The van der Waals surface area contributed by atoms with Crippen LogP contribution in [-0.2, 0) is 4.79 Å². The highest BCUT2D eigenvalue weighted by atomic mass is 16.5. The van der Waals surface area contributed by atoms with Crippen molar-refractivity contribution in [3.05, 3.63) is 71.8 Å². The molecule has 1 aliphatic heterocycles. The Bertz CT molecular complexity index is 808. The Labute approximate surface area is 166 Å². The number of hydrogen-bond acceptors (Lipinski definition) is 3. The van der Waals surface area contributed by atoms with Crippen LogP contribution in [0.15, 0.2) is 60.7 Å². The molecule has 1 fully saturated rings. The summed E-state index contributed by atoms with van der Waals surface area (Å²) >= 11 is 0. The van der Waals surface area contributed by atoms with Gasteiger partial charge in [0.2, 0.25) is 5.91 Å². The Morgan fingerprint density at radius 1 is 1.07 bits per heavy atom. The zero-order valence-corrected chi connectivity index (χ0v) is 16.1. The largest absolute Gasteiger partial charge is 0.494 e. The van der Waals surface area contributed by atoms with Crippen molar-refractivity contribution in [3.63, 3.8) is 0 Å². The van der Waals surface area contributed by atoms with Crippen molar-refractivity contribution in [3.8, 4) is 5.75 Å². The van der Waals surface area contributed by atoms with Crippen LogP contribution in [0.4, 0.5) is 0 Å². The highest BCUT2D eigenvalue weighted by molar-refractivity contribution is 5.94. The third-order valence-corrected chi connectivity index (χ3v) is 4.79. The molecule has 0 radical (unpaired) electrons. The maximum atomic E-state index is 12.4. The quantitative estimate of drug-likeness (QED) is 0.783. The average molecular weight is 378 g/mol. The molecular formula is C23H26N2O3. The van der Waals surface area contributed by atoms with Crippen molar-refractivity contribution < 1.29 is 14.3 Å². The van der Waals surface area contributed by atoms with Crippen LogP contribution < -0.4 is 10.1 Å². The summed E-state index contributed by atoms with van der Waals surface area (Å²) in [5, 5.41) is 3.06. The monoisotopic (exact) mass is 378 g/mol. The van der Waals surface area contributed by atoms with Gasteiger partial charge in [0.15, 0.2) is 0 Å². The van der Waals surface area contributed by atoms with Crippen molar-refractivity contribution in [1.29, 1.82) is 0 Å². The summed E-state index contributed by atoms with van der Waals surface area (Å²) in [4.78, 5) is 26.5. The van der Waals surface area contributed by atoms with Gasteiger partial charge in [0.1, 0.15) is 5.75 Å². The van der Waals surface area contributed by atoms with Crippen LogP contribution in [0, 0.1) is 0 Å². The fourth-order valence-corrected chi connectivity index (χ4v) is 3.22. The molecule has 2 amide bonds. The minimum Gasteiger partial charge on any atom is -0.494 e. The van der Waals surface area contributed by atoms with Gasteiger partial charge in [-0.25, -0.2) is 0 Å². The van der Waals surface area contributed by atoms with E-state index in [1.54, 1.807) is 18.2 Å². The molecular weight excluding hydrogens is 352 g/mol. The minimum absolute atomic E-state index is 0.00159. The van der Waals surface area contributed by atoms with E-state index in [-0.39, 0.29) is 17.9 Å². The lowest BCUT2D eigenvalue weighted by atomic mass is 10.0. The van der Waals surface area contributed by atoms with Crippen LogP contribution >= 0.6 is 0 Å². The van der Waals surface area contributed by atoms with Crippen LogP contribution in [0.25, 0.3) is 6.08 Å². The zero-order chi connectivity index (χ0) is 19.8. The molecule has 1 saturated heterocycles. The fourth-order valence-electron chi connectivity index (χ4n) is 3.22. The first-order valence-electron chi connectivity index (χ1n) is 9.71. The molecule has 2 aromatic rings. The number of hydrogen-bond donors (Lipinski definition) is 1. The molecule has 0 unspecified atom stereocenters. The van der Waals surface area contributed by atoms with Gasteiger partial charge in [-0.05, 0) is 55.7 Å². The molecule has 1 N–H and O–H groups in total. The maximum Gasteiger partial charge on any atom is 0.251 e. The van der Waals surface area contributed by atoms with Crippen LogP contribution in [-0.4, -0.2) is 42.5 Å². The summed E-state index contributed by atoms with van der Waals surface area (Å²) < 4.78 is 5.42. The summed E-state index contributed by atoms with van der Waals surface area (Å²) in [7, 11) is 0. The van der Waals surface area contributed by atoms with E-state index >= 15 is 0 Å². The van der Waals surface area contributed by atoms with E-state index in [0.717, 1.165) is 24.2 Å². The Morgan fingerprint density at radius 3 is 2.39 bits per heavy atom. The summed E-state index contributed by atoms with van der Waals surface area (Å²) in [5.74, 6) is 0.771. The molecule has 0 atom stereocenters. The maximum absolute atomic E-state index is 12.4. The van der Waals surface area contributed by atoms with E-state index in [1.165, 1.54) is 0 Å². The topological polar surface area (TPSA) is 58.6 Å². The van der Waals surface area contributed by atoms with Gasteiger partial charge in [-0.3, -0.25) is 9.59 Å². The fraction of sp³-hybridized carbons (Fsp3) is 0.304. The van der Waals surface area contributed by atoms with E-state index in [9.17, 15) is 9.59 Å². The van der Waals surface area contributed by atoms with E-state index in [4.69, 9.17) is 4.74 Å². The van der Waals surface area contributed by atoms with Crippen LogP contribution in [0.5, 0.6) is 5.75 Å². The normalized spacial score (nSPS) is 14.8. The molecule has 0 aromatic heterocycles. The molecule has 0 aliphatic carbocycles. The number of carbonyl (C=O) groups is 2. The molecule has 1 heterocycles. The zero-order valence-electron chi connectivity index (χ0n) is 16.1. The van der Waals surface area contributed by atoms with Gasteiger partial charge in [0, 0.05) is 30.8 Å². The molecule has 5 nitrogen and oxygen atoms in total. The van der Waals surface area contributed by atoms with Gasteiger partial charge >= 0.3 is 0 Å². The highest BCUT2D eigenvalue weighted by Crippen LogP contribution is 2.15. The molecule has 5 heteroatoms. The van der Waals surface area contributed by atoms with Crippen molar-refractivity contribution in [2.24, 2.45) is 0 Å². The lowest BCUT2D eigenvalue weighted by Gasteiger charge is -2.31. The molecule has 1 aliphatic rings. The van der Waals surface area contributed by atoms with Crippen molar-refractivity contribution >= 4 is 17.9 Å². The Balaban J connectivity index is 1.46. The first-order valence-corrected chi connectivity index (χ1v) is 9.71. The first kappa shape index (κ1) is 19.7. The van der Waals surface area contributed by atoms with E-state index < -0.39 is 0 Å². The lowest BCUT2D eigenvalue weighted by molar-refractivity contribution is -0.126. The van der Waals surface area contributed by atoms with Gasteiger partial charge in [0.25, 0.3) is 5.91 Å². The second-order valence-electron chi connectivity index (χ2n) is 6.77. The van der Waals surface area contributed by atoms with Crippen molar-refractivity contribution in [2.75, 3.05) is 19.7 Å². The van der Waals surface area contributed by atoms with Gasteiger partial charge in [0.05, 0.1) is 6.61 Å². The van der Waals surface area contributed by atoms with Gasteiger partial charge in [-0.15, -0.1) is 0 Å².